The van der Waals surface area contributed by atoms with E-state index < -0.39 is 0 Å². The van der Waals surface area contributed by atoms with E-state index in [4.69, 9.17) is 10.5 Å². The van der Waals surface area contributed by atoms with Crippen molar-refractivity contribution in [1.82, 2.24) is 4.90 Å². The maximum Gasteiger partial charge on any atom is 0.0619 e. The molecule has 3 nitrogen and oxygen atoms in total. The Morgan fingerprint density at radius 1 is 1.37 bits per heavy atom. The van der Waals surface area contributed by atoms with E-state index in [1.54, 1.807) is 0 Å². The summed E-state index contributed by atoms with van der Waals surface area (Å²) >= 11 is 0. The summed E-state index contributed by atoms with van der Waals surface area (Å²) in [6.45, 7) is 9.21. The normalized spacial score (nSPS) is 24.1. The standard InChI is InChI=1S/C16H26N2O/c1-4-14-5-7-15(8-6-14)16(17)13(3)18-9-10-19-11-12(18)2/h5-8,12-13,16H,4,9-11,17H2,1-3H3. The van der Waals surface area contributed by atoms with E-state index in [0.29, 0.717) is 12.1 Å². The number of nitrogens with zero attached hydrogens (tertiary/aromatic N) is 1. The largest absolute Gasteiger partial charge is 0.379 e. The smallest absolute Gasteiger partial charge is 0.0619 e. The summed E-state index contributed by atoms with van der Waals surface area (Å²) in [6.07, 6.45) is 1.07. The first-order chi connectivity index (χ1) is 9.13. The van der Waals surface area contributed by atoms with Gasteiger partial charge in [-0.05, 0) is 31.4 Å². The Labute approximate surface area is 116 Å². The molecule has 0 amide bonds. The van der Waals surface area contributed by atoms with Gasteiger partial charge in [0.05, 0.1) is 13.2 Å². The van der Waals surface area contributed by atoms with Gasteiger partial charge < -0.3 is 10.5 Å². The molecule has 0 saturated carbocycles. The van der Waals surface area contributed by atoms with E-state index in [0.717, 1.165) is 26.2 Å². The molecule has 3 unspecified atom stereocenters. The molecule has 1 aromatic rings. The van der Waals surface area contributed by atoms with Crippen molar-refractivity contribution in [2.45, 2.75) is 45.3 Å². The zero-order valence-electron chi connectivity index (χ0n) is 12.3. The van der Waals surface area contributed by atoms with Crippen molar-refractivity contribution in [1.29, 1.82) is 0 Å². The van der Waals surface area contributed by atoms with Crippen molar-refractivity contribution in [3.63, 3.8) is 0 Å². The van der Waals surface area contributed by atoms with Crippen LogP contribution in [0, 0.1) is 0 Å². The van der Waals surface area contributed by atoms with E-state index in [1.807, 2.05) is 0 Å². The van der Waals surface area contributed by atoms with E-state index in [1.165, 1.54) is 11.1 Å². The van der Waals surface area contributed by atoms with Gasteiger partial charge in [0.2, 0.25) is 0 Å². The van der Waals surface area contributed by atoms with Gasteiger partial charge in [-0.1, -0.05) is 31.2 Å². The van der Waals surface area contributed by atoms with Crippen molar-refractivity contribution >= 4 is 0 Å². The van der Waals surface area contributed by atoms with Gasteiger partial charge in [-0.3, -0.25) is 4.90 Å². The Balaban J connectivity index is 2.06. The molecule has 1 aliphatic heterocycles. The number of ether oxygens (including phenoxy) is 1. The van der Waals surface area contributed by atoms with Crippen LogP contribution in [0.3, 0.4) is 0 Å². The Bertz CT molecular complexity index is 390. The third-order valence-electron chi connectivity index (χ3n) is 4.23. The Hall–Kier alpha value is -0.900. The van der Waals surface area contributed by atoms with Crippen LogP contribution in [0.4, 0.5) is 0 Å². The minimum absolute atomic E-state index is 0.0615. The predicted octanol–water partition coefficient (Wildman–Crippen LogP) is 2.36. The highest BCUT2D eigenvalue weighted by Gasteiger charge is 2.28. The fourth-order valence-corrected chi connectivity index (χ4v) is 2.81. The van der Waals surface area contributed by atoms with Gasteiger partial charge in [-0.15, -0.1) is 0 Å². The van der Waals surface area contributed by atoms with Crippen LogP contribution in [0.5, 0.6) is 0 Å². The molecule has 3 heteroatoms. The van der Waals surface area contributed by atoms with Crippen molar-refractivity contribution in [2.24, 2.45) is 5.73 Å². The van der Waals surface area contributed by atoms with Crippen LogP contribution in [0.25, 0.3) is 0 Å². The monoisotopic (exact) mass is 262 g/mol. The molecule has 2 rings (SSSR count). The van der Waals surface area contributed by atoms with E-state index in [9.17, 15) is 0 Å². The third kappa shape index (κ3) is 3.35. The lowest BCUT2D eigenvalue weighted by Crippen LogP contribution is -2.51. The van der Waals surface area contributed by atoms with Gasteiger partial charge in [0.1, 0.15) is 0 Å². The summed E-state index contributed by atoms with van der Waals surface area (Å²) in [5.41, 5.74) is 9.03. The first kappa shape index (κ1) is 14.5. The molecule has 1 aliphatic rings. The fraction of sp³-hybridized carbons (Fsp3) is 0.625. The average Bonchev–Trinajstić information content (AvgIpc) is 2.46. The lowest BCUT2D eigenvalue weighted by molar-refractivity contribution is -0.0233. The van der Waals surface area contributed by atoms with Gasteiger partial charge in [0.25, 0.3) is 0 Å². The maximum atomic E-state index is 6.44. The van der Waals surface area contributed by atoms with Crippen LogP contribution in [0.1, 0.15) is 37.9 Å². The highest BCUT2D eigenvalue weighted by Crippen LogP contribution is 2.22. The summed E-state index contributed by atoms with van der Waals surface area (Å²) in [5.74, 6) is 0. The number of hydrogen-bond acceptors (Lipinski definition) is 3. The van der Waals surface area contributed by atoms with Gasteiger partial charge in [0.15, 0.2) is 0 Å². The van der Waals surface area contributed by atoms with Crippen LogP contribution in [0.15, 0.2) is 24.3 Å². The molecule has 1 saturated heterocycles. The lowest BCUT2D eigenvalue weighted by Gasteiger charge is -2.40. The third-order valence-corrected chi connectivity index (χ3v) is 4.23. The van der Waals surface area contributed by atoms with Crippen molar-refractivity contribution < 1.29 is 4.74 Å². The van der Waals surface area contributed by atoms with Gasteiger partial charge >= 0.3 is 0 Å². The molecule has 0 bridgehead atoms. The Morgan fingerprint density at radius 3 is 2.63 bits per heavy atom. The highest BCUT2D eigenvalue weighted by atomic mass is 16.5. The molecule has 0 aliphatic carbocycles. The molecule has 1 fully saturated rings. The van der Waals surface area contributed by atoms with E-state index in [-0.39, 0.29) is 6.04 Å². The van der Waals surface area contributed by atoms with Crippen molar-refractivity contribution in [2.75, 3.05) is 19.8 Å². The number of morpholine rings is 1. The quantitative estimate of drug-likeness (QED) is 0.905. The number of nitrogens with two attached hydrogens (primary N) is 1. The lowest BCUT2D eigenvalue weighted by atomic mass is 9.97. The SMILES string of the molecule is CCc1ccc(C(N)C(C)N2CCOCC2C)cc1. The molecule has 2 N–H and O–H groups in total. The minimum atomic E-state index is 0.0615. The summed E-state index contributed by atoms with van der Waals surface area (Å²) in [5, 5.41) is 0. The average molecular weight is 262 g/mol. The summed E-state index contributed by atoms with van der Waals surface area (Å²) in [4.78, 5) is 2.46. The van der Waals surface area contributed by atoms with E-state index >= 15 is 0 Å². The molecule has 0 spiro atoms. The van der Waals surface area contributed by atoms with Crippen LogP contribution in [0.2, 0.25) is 0 Å². The number of benzene rings is 1. The zero-order valence-corrected chi connectivity index (χ0v) is 12.3. The molecular weight excluding hydrogens is 236 g/mol. The van der Waals surface area contributed by atoms with Gasteiger partial charge in [0, 0.05) is 24.7 Å². The van der Waals surface area contributed by atoms with Crippen LogP contribution in [-0.2, 0) is 11.2 Å². The molecule has 1 aromatic carbocycles. The second-order valence-corrected chi connectivity index (χ2v) is 5.52. The van der Waals surface area contributed by atoms with Crippen LogP contribution in [-0.4, -0.2) is 36.7 Å². The zero-order chi connectivity index (χ0) is 13.8. The van der Waals surface area contributed by atoms with Crippen LogP contribution < -0.4 is 5.73 Å². The van der Waals surface area contributed by atoms with Crippen LogP contribution >= 0.6 is 0 Å². The van der Waals surface area contributed by atoms with Crippen molar-refractivity contribution in [3.05, 3.63) is 35.4 Å². The predicted molar refractivity (Wildman–Crippen MR) is 79.2 cm³/mol. The second kappa shape index (κ2) is 6.51. The maximum absolute atomic E-state index is 6.44. The van der Waals surface area contributed by atoms with Gasteiger partial charge in [-0.25, -0.2) is 0 Å². The number of hydrogen-bond donors (Lipinski definition) is 1. The minimum Gasteiger partial charge on any atom is -0.379 e. The molecular formula is C16H26N2O. The summed E-state index contributed by atoms with van der Waals surface area (Å²) in [7, 11) is 0. The first-order valence-electron chi connectivity index (χ1n) is 7.31. The van der Waals surface area contributed by atoms with Gasteiger partial charge in [-0.2, -0.15) is 0 Å². The molecule has 1 heterocycles. The summed E-state index contributed by atoms with van der Waals surface area (Å²) < 4.78 is 5.50. The molecule has 0 aromatic heterocycles. The number of rotatable bonds is 4. The topological polar surface area (TPSA) is 38.5 Å². The highest BCUT2D eigenvalue weighted by molar-refractivity contribution is 5.25. The van der Waals surface area contributed by atoms with E-state index in [2.05, 4.69) is 49.9 Å². The molecule has 3 atom stereocenters. The summed E-state index contributed by atoms with van der Waals surface area (Å²) in [6, 6.07) is 9.56. The Kier molecular flexibility index (Phi) is 4.97. The van der Waals surface area contributed by atoms with Crippen molar-refractivity contribution in [3.8, 4) is 0 Å². The first-order valence-corrected chi connectivity index (χ1v) is 7.31. The Morgan fingerprint density at radius 2 is 2.05 bits per heavy atom. The number of aryl methyl sites for hydroxylation is 1. The molecule has 0 radical (unpaired) electrons. The molecule has 19 heavy (non-hydrogen) atoms. The molecule has 106 valence electrons. The second-order valence-electron chi connectivity index (χ2n) is 5.52. The fourth-order valence-electron chi connectivity index (χ4n) is 2.81.